The number of rotatable bonds is 11. The van der Waals surface area contributed by atoms with Gasteiger partial charge in [-0.15, -0.1) is 0 Å². The number of amides is 3. The lowest BCUT2D eigenvalue weighted by molar-refractivity contribution is -0.144. The van der Waals surface area contributed by atoms with E-state index >= 15 is 0 Å². The third-order valence-corrected chi connectivity index (χ3v) is 9.21. The number of halogens is 1. The van der Waals surface area contributed by atoms with E-state index in [1.807, 2.05) is 62.3 Å². The van der Waals surface area contributed by atoms with Crippen LogP contribution >= 0.6 is 11.6 Å². The molecule has 3 aromatic carbocycles. The maximum atomic E-state index is 13.6. The summed E-state index contributed by atoms with van der Waals surface area (Å²) >= 11 is 6.03. The Bertz CT molecular complexity index is 1870. The van der Waals surface area contributed by atoms with Gasteiger partial charge in [0.2, 0.25) is 0 Å². The van der Waals surface area contributed by atoms with Gasteiger partial charge in [-0.2, -0.15) is 0 Å². The average Bonchev–Trinajstić information content (AvgIpc) is 3.35. The molecule has 1 aliphatic carbocycles. The molecule has 0 aromatic heterocycles. The quantitative estimate of drug-likeness (QED) is 0.152. The predicted octanol–water partition coefficient (Wildman–Crippen LogP) is 5.41. The fourth-order valence-electron chi connectivity index (χ4n) is 6.58. The fraction of sp³-hybridized carbons (Fsp3) is 0.297. The summed E-state index contributed by atoms with van der Waals surface area (Å²) in [6, 6.07) is 15.0. The van der Waals surface area contributed by atoms with Gasteiger partial charge in [-0.05, 0) is 72.7 Å². The van der Waals surface area contributed by atoms with Gasteiger partial charge in [-0.1, -0.05) is 29.8 Å². The Morgan fingerprint density at radius 2 is 1.65 bits per heavy atom. The van der Waals surface area contributed by atoms with Crippen LogP contribution < -0.4 is 4.90 Å². The summed E-state index contributed by atoms with van der Waals surface area (Å²) < 4.78 is 16.6. The number of hydrogen-bond acceptors (Lipinski definition) is 8. The Balaban J connectivity index is 1.03. The molecule has 2 unspecified atom stereocenters. The number of hydrogen-bond donors (Lipinski definition) is 0. The zero-order valence-corrected chi connectivity index (χ0v) is 28.0. The van der Waals surface area contributed by atoms with Crippen molar-refractivity contribution in [2.24, 2.45) is 0 Å². The second kappa shape index (κ2) is 13.7. The molecule has 0 spiro atoms. The molecule has 0 radical (unpaired) electrons. The molecule has 3 aromatic rings. The summed E-state index contributed by atoms with van der Waals surface area (Å²) in [4.78, 5) is 58.1. The Hall–Kier alpha value is -4.93. The van der Waals surface area contributed by atoms with Crippen LogP contribution in [0.2, 0.25) is 5.02 Å². The predicted molar refractivity (Wildman–Crippen MR) is 182 cm³/mol. The van der Waals surface area contributed by atoms with Crippen LogP contribution in [0.5, 0.6) is 0 Å². The Morgan fingerprint density at radius 1 is 0.917 bits per heavy atom. The van der Waals surface area contributed by atoms with E-state index in [0.29, 0.717) is 32.9 Å². The highest BCUT2D eigenvalue weighted by Crippen LogP contribution is 2.39. The molecule has 10 nitrogen and oxygen atoms in total. The second-order valence-electron chi connectivity index (χ2n) is 12.0. The van der Waals surface area contributed by atoms with Crippen LogP contribution in [-0.2, 0) is 19.0 Å². The van der Waals surface area contributed by atoms with E-state index in [9.17, 15) is 19.2 Å². The van der Waals surface area contributed by atoms with Crippen LogP contribution in [0.1, 0.15) is 44.4 Å². The summed E-state index contributed by atoms with van der Waals surface area (Å²) in [6.45, 7) is 2.12. The second-order valence-corrected chi connectivity index (χ2v) is 12.4. The van der Waals surface area contributed by atoms with Crippen molar-refractivity contribution in [2.75, 3.05) is 52.5 Å². The molecule has 2 aliphatic heterocycles. The van der Waals surface area contributed by atoms with Gasteiger partial charge in [-0.25, -0.2) is 0 Å². The molecule has 11 heteroatoms. The monoisotopic (exact) mass is 669 g/mol. The molecule has 0 fully saturated rings. The number of benzene rings is 3. The van der Waals surface area contributed by atoms with Crippen LogP contribution in [0.3, 0.4) is 0 Å². The zero-order valence-electron chi connectivity index (χ0n) is 27.2. The third kappa shape index (κ3) is 6.09. The number of carbonyl (C=O) groups excluding carboxylic acids is 4. The number of ether oxygens (including phenoxy) is 3. The lowest BCUT2D eigenvalue weighted by atomic mass is 9.93. The number of methoxy groups -OCH3 is 1. The number of carbonyl (C=O) groups is 4. The van der Waals surface area contributed by atoms with Crippen molar-refractivity contribution in [3.8, 4) is 0 Å². The third-order valence-electron chi connectivity index (χ3n) is 8.96. The van der Waals surface area contributed by atoms with E-state index in [0.717, 1.165) is 22.2 Å². The SMILES string of the molecule is COC1=CC2C(=C(CC(=O)OCCOCCN3C(=O)c4cccc5c(N(C)C)ccc(c45)C3=O)C(C)N2C(=O)c2ccc(Cl)cc2)C=C1. The van der Waals surface area contributed by atoms with Crippen LogP contribution in [0, 0.1) is 0 Å². The number of nitrogens with zero attached hydrogens (tertiary/aromatic N) is 3. The molecule has 48 heavy (non-hydrogen) atoms. The largest absolute Gasteiger partial charge is 0.497 e. The van der Waals surface area contributed by atoms with Gasteiger partial charge in [0.1, 0.15) is 12.4 Å². The first kappa shape index (κ1) is 33.0. The van der Waals surface area contributed by atoms with Crippen molar-refractivity contribution in [3.05, 3.63) is 111 Å². The van der Waals surface area contributed by atoms with Gasteiger partial charge in [0.05, 0.1) is 45.4 Å². The minimum absolute atomic E-state index is 0.00480. The topological polar surface area (TPSA) is 106 Å². The molecule has 248 valence electrons. The first-order chi connectivity index (χ1) is 23.1. The number of anilines is 1. The molecular weight excluding hydrogens is 634 g/mol. The smallest absolute Gasteiger partial charge is 0.310 e. The zero-order chi connectivity index (χ0) is 34.1. The highest BCUT2D eigenvalue weighted by atomic mass is 35.5. The van der Waals surface area contributed by atoms with Gasteiger partial charge < -0.3 is 24.0 Å². The molecule has 3 amide bonds. The Morgan fingerprint density at radius 3 is 2.35 bits per heavy atom. The van der Waals surface area contributed by atoms with E-state index in [4.69, 9.17) is 25.8 Å². The summed E-state index contributed by atoms with van der Waals surface area (Å²) in [6.07, 6.45) is 5.55. The number of allylic oxidation sites excluding steroid dienone is 1. The molecule has 2 heterocycles. The Labute approximate surface area is 283 Å². The van der Waals surface area contributed by atoms with E-state index < -0.39 is 12.0 Å². The highest BCUT2D eigenvalue weighted by Gasteiger charge is 2.41. The van der Waals surface area contributed by atoms with Crippen molar-refractivity contribution in [2.45, 2.75) is 25.4 Å². The minimum Gasteiger partial charge on any atom is -0.497 e. The Kier molecular flexibility index (Phi) is 9.39. The van der Waals surface area contributed by atoms with Crippen molar-refractivity contribution >= 4 is 51.8 Å². The van der Waals surface area contributed by atoms with E-state index in [-0.39, 0.29) is 56.5 Å². The molecular formula is C37H36ClN3O7. The number of imide groups is 1. The van der Waals surface area contributed by atoms with Crippen molar-refractivity contribution in [3.63, 3.8) is 0 Å². The van der Waals surface area contributed by atoms with Crippen LogP contribution in [0.4, 0.5) is 5.69 Å². The van der Waals surface area contributed by atoms with E-state index in [2.05, 4.69) is 0 Å². The summed E-state index contributed by atoms with van der Waals surface area (Å²) in [5, 5.41) is 2.05. The molecule has 0 N–H and O–H groups in total. The first-order valence-electron chi connectivity index (χ1n) is 15.7. The van der Waals surface area contributed by atoms with Gasteiger partial charge in [0, 0.05) is 52.3 Å². The van der Waals surface area contributed by atoms with Crippen LogP contribution in [-0.4, -0.2) is 93.1 Å². The standard InChI is InChI=1S/C37H36ClN3O7/c1-22-30(26-13-12-25(46-4)20-32(26)41(22)35(43)23-8-10-24(38)11-9-23)21-33(42)48-19-18-47-17-16-40-36(44)28-7-5-6-27-31(39(2)3)15-14-29(34(27)28)37(40)45/h5-15,20,22,32H,16-19,21H2,1-4H3. The molecule has 3 aliphatic rings. The van der Waals surface area contributed by atoms with E-state index in [1.54, 1.807) is 48.4 Å². The van der Waals surface area contributed by atoms with Gasteiger partial charge in [-0.3, -0.25) is 24.1 Å². The summed E-state index contributed by atoms with van der Waals surface area (Å²) in [7, 11) is 5.41. The van der Waals surface area contributed by atoms with Crippen LogP contribution in [0.15, 0.2) is 89.7 Å². The molecule has 0 bridgehead atoms. The lowest BCUT2D eigenvalue weighted by Crippen LogP contribution is -2.42. The van der Waals surface area contributed by atoms with Crippen LogP contribution in [0.25, 0.3) is 10.8 Å². The highest BCUT2D eigenvalue weighted by molar-refractivity contribution is 6.30. The minimum atomic E-state index is -0.453. The van der Waals surface area contributed by atoms with Gasteiger partial charge >= 0.3 is 5.97 Å². The van der Waals surface area contributed by atoms with Gasteiger partial charge in [0.25, 0.3) is 17.7 Å². The lowest BCUT2D eigenvalue weighted by Gasteiger charge is -2.30. The molecule has 0 saturated carbocycles. The van der Waals surface area contributed by atoms with Gasteiger partial charge in [0.15, 0.2) is 0 Å². The van der Waals surface area contributed by atoms with Crippen molar-refractivity contribution in [1.82, 2.24) is 9.80 Å². The normalized spacial score (nSPS) is 18.3. The van der Waals surface area contributed by atoms with Crippen molar-refractivity contribution < 1.29 is 33.4 Å². The fourth-order valence-corrected chi connectivity index (χ4v) is 6.71. The molecule has 6 rings (SSSR count). The summed E-state index contributed by atoms with van der Waals surface area (Å²) in [5.41, 5.74) is 4.01. The first-order valence-corrected chi connectivity index (χ1v) is 16.1. The summed E-state index contributed by atoms with van der Waals surface area (Å²) in [5.74, 6) is -0.751. The maximum absolute atomic E-state index is 13.6. The number of fused-ring (bicyclic) bond motifs is 1. The molecule has 0 saturated heterocycles. The van der Waals surface area contributed by atoms with E-state index in [1.165, 1.54) is 4.90 Å². The average molecular weight is 670 g/mol. The van der Waals surface area contributed by atoms with Crippen molar-refractivity contribution in [1.29, 1.82) is 0 Å². The molecule has 2 atom stereocenters. The maximum Gasteiger partial charge on any atom is 0.310 e. The number of esters is 1.